The molecule has 2 rings (SSSR count). The lowest BCUT2D eigenvalue weighted by molar-refractivity contribution is 0.0600. The van der Waals surface area contributed by atoms with Crippen LogP contribution in [0.15, 0.2) is 42.5 Å². The Morgan fingerprint density at radius 2 is 1.95 bits per heavy atom. The van der Waals surface area contributed by atoms with Gasteiger partial charge in [0.05, 0.1) is 18.4 Å². The van der Waals surface area contributed by atoms with Gasteiger partial charge < -0.3 is 15.2 Å². The molecule has 0 heterocycles. The summed E-state index contributed by atoms with van der Waals surface area (Å²) in [6, 6.07) is 10.5. The number of phenolic OH excluding ortho intramolecular Hbond substituents is 1. The van der Waals surface area contributed by atoms with Crippen LogP contribution in [0, 0.1) is 5.82 Å². The third kappa shape index (κ3) is 3.26. The smallest absolute Gasteiger partial charge is 0.337 e. The molecule has 4 nitrogen and oxygen atoms in total. The molecule has 0 radical (unpaired) electrons. The highest BCUT2D eigenvalue weighted by atomic mass is 19.1. The molecule has 0 saturated heterocycles. The fourth-order valence-corrected chi connectivity index (χ4v) is 1.72. The van der Waals surface area contributed by atoms with Gasteiger partial charge in [-0.05, 0) is 35.9 Å². The Morgan fingerprint density at radius 3 is 2.60 bits per heavy atom. The Bertz CT molecular complexity index is 611. The minimum atomic E-state index is -0.516. The van der Waals surface area contributed by atoms with Gasteiger partial charge in [0.25, 0.3) is 0 Å². The number of carbonyl (C=O) groups excluding carboxylic acids is 1. The standard InChI is InChI=1S/C15H14FNO3/c1-20-15(19)11-4-7-13(16)14(8-11)17-9-10-2-5-12(18)6-3-10/h2-8,17-18H,9H2,1H3. The van der Waals surface area contributed by atoms with Gasteiger partial charge >= 0.3 is 5.97 Å². The number of benzene rings is 2. The summed E-state index contributed by atoms with van der Waals surface area (Å²) in [5.41, 5.74) is 1.38. The van der Waals surface area contributed by atoms with E-state index in [1.54, 1.807) is 24.3 Å². The molecule has 2 aromatic rings. The number of hydrogen-bond acceptors (Lipinski definition) is 4. The molecule has 0 spiro atoms. The molecule has 0 aromatic heterocycles. The summed E-state index contributed by atoms with van der Waals surface area (Å²) >= 11 is 0. The topological polar surface area (TPSA) is 58.6 Å². The van der Waals surface area contributed by atoms with Crippen LogP contribution in [0.2, 0.25) is 0 Å². The van der Waals surface area contributed by atoms with E-state index in [0.29, 0.717) is 6.54 Å². The van der Waals surface area contributed by atoms with Crippen molar-refractivity contribution in [1.29, 1.82) is 0 Å². The first-order valence-electron chi connectivity index (χ1n) is 6.00. The summed E-state index contributed by atoms with van der Waals surface area (Å²) in [7, 11) is 1.27. The Kier molecular flexibility index (Phi) is 4.20. The summed E-state index contributed by atoms with van der Waals surface area (Å²) in [6.45, 7) is 0.377. The van der Waals surface area contributed by atoms with Crippen molar-refractivity contribution in [1.82, 2.24) is 0 Å². The first-order valence-corrected chi connectivity index (χ1v) is 6.00. The summed E-state index contributed by atoms with van der Waals surface area (Å²) in [5.74, 6) is -0.790. The second-order valence-electron chi connectivity index (χ2n) is 4.21. The van der Waals surface area contributed by atoms with Gasteiger partial charge in [0, 0.05) is 6.54 Å². The van der Waals surface area contributed by atoms with Crippen LogP contribution in [0.25, 0.3) is 0 Å². The Balaban J connectivity index is 2.12. The molecular weight excluding hydrogens is 261 g/mol. The zero-order chi connectivity index (χ0) is 14.5. The molecular formula is C15H14FNO3. The molecule has 0 bridgehead atoms. The van der Waals surface area contributed by atoms with Crippen LogP contribution < -0.4 is 5.32 Å². The monoisotopic (exact) mass is 275 g/mol. The van der Waals surface area contributed by atoms with Crippen molar-refractivity contribution in [2.24, 2.45) is 0 Å². The zero-order valence-corrected chi connectivity index (χ0v) is 10.9. The molecule has 0 unspecified atom stereocenters. The highest BCUT2D eigenvalue weighted by Gasteiger charge is 2.09. The molecule has 0 amide bonds. The predicted molar refractivity (Wildman–Crippen MR) is 73.2 cm³/mol. The summed E-state index contributed by atoms with van der Waals surface area (Å²) < 4.78 is 18.2. The largest absolute Gasteiger partial charge is 0.508 e. The number of phenols is 1. The minimum Gasteiger partial charge on any atom is -0.508 e. The van der Waals surface area contributed by atoms with Crippen LogP contribution >= 0.6 is 0 Å². The van der Waals surface area contributed by atoms with Crippen LogP contribution in [0.5, 0.6) is 5.75 Å². The van der Waals surface area contributed by atoms with Crippen molar-refractivity contribution in [3.8, 4) is 5.75 Å². The van der Waals surface area contributed by atoms with Crippen molar-refractivity contribution in [2.45, 2.75) is 6.54 Å². The van der Waals surface area contributed by atoms with Crippen molar-refractivity contribution in [3.63, 3.8) is 0 Å². The van der Waals surface area contributed by atoms with Gasteiger partial charge in [0.2, 0.25) is 0 Å². The SMILES string of the molecule is COC(=O)c1ccc(F)c(NCc2ccc(O)cc2)c1. The van der Waals surface area contributed by atoms with E-state index in [9.17, 15) is 14.3 Å². The van der Waals surface area contributed by atoms with Crippen molar-refractivity contribution < 1.29 is 19.0 Å². The van der Waals surface area contributed by atoms with Crippen LogP contribution in [0.3, 0.4) is 0 Å². The minimum absolute atomic E-state index is 0.174. The van der Waals surface area contributed by atoms with Gasteiger partial charge in [-0.15, -0.1) is 0 Å². The van der Waals surface area contributed by atoms with Gasteiger partial charge in [-0.3, -0.25) is 0 Å². The second-order valence-corrected chi connectivity index (χ2v) is 4.21. The van der Waals surface area contributed by atoms with E-state index < -0.39 is 11.8 Å². The lowest BCUT2D eigenvalue weighted by Gasteiger charge is -2.09. The van der Waals surface area contributed by atoms with E-state index >= 15 is 0 Å². The summed E-state index contributed by atoms with van der Waals surface area (Å²) in [6.07, 6.45) is 0. The number of hydrogen-bond donors (Lipinski definition) is 2. The Labute approximate surface area is 115 Å². The van der Waals surface area contributed by atoms with Gasteiger partial charge in [0.15, 0.2) is 0 Å². The average molecular weight is 275 g/mol. The molecule has 0 aliphatic rings. The van der Waals surface area contributed by atoms with Crippen molar-refractivity contribution in [2.75, 3.05) is 12.4 Å². The Morgan fingerprint density at radius 1 is 1.25 bits per heavy atom. The number of carbonyl (C=O) groups is 1. The Hall–Kier alpha value is -2.56. The molecule has 0 aliphatic heterocycles. The molecule has 0 aliphatic carbocycles. The average Bonchev–Trinajstić information content (AvgIpc) is 2.47. The number of anilines is 1. The number of halogens is 1. The molecule has 0 saturated carbocycles. The van der Waals surface area contributed by atoms with E-state index in [0.717, 1.165) is 5.56 Å². The number of ether oxygens (including phenoxy) is 1. The third-order valence-corrected chi connectivity index (χ3v) is 2.81. The zero-order valence-electron chi connectivity index (χ0n) is 10.9. The van der Waals surface area contributed by atoms with E-state index in [1.807, 2.05) is 0 Å². The van der Waals surface area contributed by atoms with Gasteiger partial charge in [-0.2, -0.15) is 0 Å². The summed E-state index contributed by atoms with van der Waals surface area (Å²) in [4.78, 5) is 11.4. The first-order chi connectivity index (χ1) is 9.60. The number of rotatable bonds is 4. The van der Waals surface area contributed by atoms with E-state index in [-0.39, 0.29) is 17.0 Å². The maximum Gasteiger partial charge on any atom is 0.337 e. The number of nitrogens with one attached hydrogen (secondary N) is 1. The molecule has 2 aromatic carbocycles. The van der Waals surface area contributed by atoms with E-state index in [2.05, 4.69) is 10.1 Å². The van der Waals surface area contributed by atoms with Gasteiger partial charge in [-0.1, -0.05) is 12.1 Å². The fraction of sp³-hybridized carbons (Fsp3) is 0.133. The van der Waals surface area contributed by atoms with Crippen LogP contribution in [0.1, 0.15) is 15.9 Å². The highest BCUT2D eigenvalue weighted by Crippen LogP contribution is 2.18. The lowest BCUT2D eigenvalue weighted by atomic mass is 10.1. The third-order valence-electron chi connectivity index (χ3n) is 2.81. The van der Waals surface area contributed by atoms with Gasteiger partial charge in [-0.25, -0.2) is 9.18 Å². The van der Waals surface area contributed by atoms with E-state index in [1.165, 1.54) is 25.3 Å². The summed E-state index contributed by atoms with van der Waals surface area (Å²) in [5, 5.41) is 12.1. The maximum atomic E-state index is 13.6. The molecule has 0 fully saturated rings. The maximum absolute atomic E-state index is 13.6. The number of esters is 1. The van der Waals surface area contributed by atoms with Crippen molar-refractivity contribution in [3.05, 3.63) is 59.4 Å². The molecule has 20 heavy (non-hydrogen) atoms. The second kappa shape index (κ2) is 6.06. The lowest BCUT2D eigenvalue weighted by Crippen LogP contribution is -2.05. The molecule has 2 N–H and O–H groups in total. The number of methoxy groups -OCH3 is 1. The number of aromatic hydroxyl groups is 1. The highest BCUT2D eigenvalue weighted by molar-refractivity contribution is 5.90. The van der Waals surface area contributed by atoms with Crippen LogP contribution in [-0.4, -0.2) is 18.2 Å². The predicted octanol–water partition coefficient (Wildman–Crippen LogP) is 2.93. The molecule has 5 heteroatoms. The van der Waals surface area contributed by atoms with Crippen molar-refractivity contribution >= 4 is 11.7 Å². The van der Waals surface area contributed by atoms with Crippen LogP contribution in [0.4, 0.5) is 10.1 Å². The molecule has 104 valence electrons. The van der Waals surface area contributed by atoms with Gasteiger partial charge in [0.1, 0.15) is 11.6 Å². The first kappa shape index (κ1) is 13.9. The normalized spacial score (nSPS) is 10.1. The van der Waals surface area contributed by atoms with E-state index in [4.69, 9.17) is 0 Å². The fourth-order valence-electron chi connectivity index (χ4n) is 1.72. The van der Waals surface area contributed by atoms with Crippen LogP contribution in [-0.2, 0) is 11.3 Å². The molecule has 0 atom stereocenters. The quantitative estimate of drug-likeness (QED) is 0.842.